The Morgan fingerprint density at radius 3 is 2.45 bits per heavy atom. The van der Waals surface area contributed by atoms with Gasteiger partial charge in [-0.05, 0) is 24.3 Å². The lowest BCUT2D eigenvalue weighted by Crippen LogP contribution is -2.04. The summed E-state index contributed by atoms with van der Waals surface area (Å²) in [4.78, 5) is 10.6. The number of benzene rings is 2. The highest BCUT2D eigenvalue weighted by Gasteiger charge is 2.15. The number of carbonyl (C=O) groups is 1. The molecular weight excluding hydrogens is 286 g/mol. The van der Waals surface area contributed by atoms with Crippen LogP contribution in [0.4, 0.5) is 8.78 Å². The zero-order chi connectivity index (χ0) is 14.7. The van der Waals surface area contributed by atoms with Crippen LogP contribution < -0.4 is 0 Å². The fourth-order valence-corrected chi connectivity index (χ4v) is 2.86. The maximum atomic E-state index is 13.6. The van der Waals surface area contributed by atoms with Crippen molar-refractivity contribution < 1.29 is 22.9 Å². The van der Waals surface area contributed by atoms with E-state index in [0.717, 1.165) is 18.2 Å². The highest BCUT2D eigenvalue weighted by atomic mass is 32.2. The summed E-state index contributed by atoms with van der Waals surface area (Å²) in [7, 11) is -1.86. The predicted molar refractivity (Wildman–Crippen MR) is 69.9 cm³/mol. The van der Waals surface area contributed by atoms with Crippen molar-refractivity contribution in [2.45, 2.75) is 10.6 Å². The van der Waals surface area contributed by atoms with E-state index in [2.05, 4.69) is 0 Å². The van der Waals surface area contributed by atoms with Gasteiger partial charge in [-0.1, -0.05) is 18.2 Å². The van der Waals surface area contributed by atoms with Crippen molar-refractivity contribution in [2.24, 2.45) is 0 Å². The molecule has 0 aliphatic rings. The standard InChI is InChI=1S/C14H10F2O3S/c15-11-4-2-1-3-10(11)8-20(19)13-7-9(14(17)18)5-6-12(13)16/h1-7H,8H2,(H,17,18). The summed E-state index contributed by atoms with van der Waals surface area (Å²) >= 11 is 0. The molecule has 20 heavy (non-hydrogen) atoms. The molecule has 0 aromatic heterocycles. The summed E-state index contributed by atoms with van der Waals surface area (Å²) in [5, 5.41) is 8.83. The molecule has 0 aliphatic heterocycles. The van der Waals surface area contributed by atoms with E-state index in [9.17, 15) is 17.8 Å². The largest absolute Gasteiger partial charge is 0.478 e. The van der Waals surface area contributed by atoms with Gasteiger partial charge in [0.15, 0.2) is 0 Å². The van der Waals surface area contributed by atoms with Crippen molar-refractivity contribution in [1.82, 2.24) is 0 Å². The van der Waals surface area contributed by atoms with Gasteiger partial charge in [0.25, 0.3) is 0 Å². The second kappa shape index (κ2) is 5.92. The monoisotopic (exact) mass is 296 g/mol. The van der Waals surface area contributed by atoms with Crippen LogP contribution in [0.1, 0.15) is 15.9 Å². The number of hydrogen-bond donors (Lipinski definition) is 1. The van der Waals surface area contributed by atoms with E-state index in [4.69, 9.17) is 5.11 Å². The van der Waals surface area contributed by atoms with E-state index >= 15 is 0 Å². The Bertz CT molecular complexity index is 686. The molecule has 0 saturated carbocycles. The van der Waals surface area contributed by atoms with E-state index < -0.39 is 28.4 Å². The Hall–Kier alpha value is -2.08. The number of hydrogen-bond acceptors (Lipinski definition) is 2. The van der Waals surface area contributed by atoms with Crippen LogP contribution in [0, 0.1) is 11.6 Å². The zero-order valence-corrected chi connectivity index (χ0v) is 11.0. The molecule has 0 aliphatic carbocycles. The van der Waals surface area contributed by atoms with Crippen molar-refractivity contribution >= 4 is 16.8 Å². The molecule has 0 bridgehead atoms. The van der Waals surface area contributed by atoms with Crippen molar-refractivity contribution in [1.29, 1.82) is 0 Å². The van der Waals surface area contributed by atoms with Crippen LogP contribution in [0.2, 0.25) is 0 Å². The maximum Gasteiger partial charge on any atom is 0.335 e. The molecule has 104 valence electrons. The van der Waals surface area contributed by atoms with Gasteiger partial charge in [-0.25, -0.2) is 13.6 Å². The average molecular weight is 296 g/mol. The van der Waals surface area contributed by atoms with Gasteiger partial charge in [-0.2, -0.15) is 0 Å². The molecule has 0 fully saturated rings. The second-order valence-electron chi connectivity index (χ2n) is 4.03. The van der Waals surface area contributed by atoms with Gasteiger partial charge < -0.3 is 5.11 Å². The van der Waals surface area contributed by atoms with E-state index in [-0.39, 0.29) is 21.8 Å². The third-order valence-electron chi connectivity index (χ3n) is 2.67. The van der Waals surface area contributed by atoms with Crippen molar-refractivity contribution in [2.75, 3.05) is 0 Å². The molecule has 6 heteroatoms. The molecule has 2 aromatic carbocycles. The summed E-state index contributed by atoms with van der Waals surface area (Å²) in [5.74, 6) is -2.76. The van der Waals surface area contributed by atoms with Crippen LogP contribution in [0.25, 0.3) is 0 Å². The van der Waals surface area contributed by atoms with Crippen LogP contribution in [0.15, 0.2) is 47.4 Å². The van der Waals surface area contributed by atoms with Crippen molar-refractivity contribution in [3.63, 3.8) is 0 Å². The van der Waals surface area contributed by atoms with E-state index in [1.807, 2.05) is 0 Å². The Morgan fingerprint density at radius 1 is 1.10 bits per heavy atom. The fraction of sp³-hybridized carbons (Fsp3) is 0.0714. The first-order valence-electron chi connectivity index (χ1n) is 5.63. The number of carboxylic acids is 1. The second-order valence-corrected chi connectivity index (χ2v) is 5.45. The van der Waals surface area contributed by atoms with Gasteiger partial charge in [0.05, 0.1) is 27.0 Å². The van der Waals surface area contributed by atoms with Gasteiger partial charge in [0.2, 0.25) is 0 Å². The van der Waals surface area contributed by atoms with Gasteiger partial charge >= 0.3 is 5.97 Å². The van der Waals surface area contributed by atoms with Crippen LogP contribution in [-0.4, -0.2) is 15.3 Å². The quantitative estimate of drug-likeness (QED) is 0.943. The molecule has 0 saturated heterocycles. The summed E-state index contributed by atoms with van der Waals surface area (Å²) in [6.07, 6.45) is 0. The predicted octanol–water partition coefficient (Wildman–Crippen LogP) is 2.97. The molecular formula is C14H10F2O3S. The third kappa shape index (κ3) is 3.08. The van der Waals surface area contributed by atoms with Crippen LogP contribution in [-0.2, 0) is 16.6 Å². The molecule has 0 amide bonds. The number of halogens is 2. The molecule has 3 nitrogen and oxygen atoms in total. The molecule has 0 heterocycles. The van der Waals surface area contributed by atoms with Crippen molar-refractivity contribution in [3.05, 3.63) is 65.2 Å². The summed E-state index contributed by atoms with van der Waals surface area (Å²) in [6, 6.07) is 8.78. The lowest BCUT2D eigenvalue weighted by Gasteiger charge is -2.06. The Balaban J connectivity index is 2.32. The first-order valence-corrected chi connectivity index (χ1v) is 6.95. The smallest absolute Gasteiger partial charge is 0.335 e. The van der Waals surface area contributed by atoms with E-state index in [1.54, 1.807) is 6.07 Å². The van der Waals surface area contributed by atoms with Crippen LogP contribution in [0.3, 0.4) is 0 Å². The van der Waals surface area contributed by atoms with Gasteiger partial charge in [0.1, 0.15) is 11.6 Å². The van der Waals surface area contributed by atoms with Crippen molar-refractivity contribution in [3.8, 4) is 0 Å². The summed E-state index contributed by atoms with van der Waals surface area (Å²) in [5.41, 5.74) is 0.0224. The zero-order valence-electron chi connectivity index (χ0n) is 10.2. The topological polar surface area (TPSA) is 54.4 Å². The SMILES string of the molecule is O=C(O)c1ccc(F)c(S(=O)Cc2ccccc2F)c1. The number of rotatable bonds is 4. The normalized spacial score (nSPS) is 12.1. The lowest BCUT2D eigenvalue weighted by atomic mass is 10.2. The van der Waals surface area contributed by atoms with E-state index in [1.165, 1.54) is 18.2 Å². The maximum absolute atomic E-state index is 13.6. The molecule has 1 unspecified atom stereocenters. The Morgan fingerprint density at radius 2 is 1.80 bits per heavy atom. The minimum absolute atomic E-state index is 0.164. The summed E-state index contributed by atoms with van der Waals surface area (Å²) in [6.45, 7) is 0. The minimum atomic E-state index is -1.86. The molecule has 2 aromatic rings. The van der Waals surface area contributed by atoms with Gasteiger partial charge in [-0.15, -0.1) is 0 Å². The van der Waals surface area contributed by atoms with Crippen LogP contribution in [0.5, 0.6) is 0 Å². The minimum Gasteiger partial charge on any atom is -0.478 e. The third-order valence-corrected chi connectivity index (χ3v) is 4.04. The highest BCUT2D eigenvalue weighted by Crippen LogP contribution is 2.19. The Labute approximate surface area is 116 Å². The van der Waals surface area contributed by atoms with E-state index in [0.29, 0.717) is 0 Å². The number of aromatic carboxylic acids is 1. The molecule has 0 spiro atoms. The fourth-order valence-electron chi connectivity index (χ4n) is 1.65. The van der Waals surface area contributed by atoms with Gasteiger partial charge in [0, 0.05) is 5.56 Å². The number of carboxylic acid groups (broad SMARTS) is 1. The van der Waals surface area contributed by atoms with Crippen LogP contribution >= 0.6 is 0 Å². The molecule has 0 radical (unpaired) electrons. The summed E-state index contributed by atoms with van der Waals surface area (Å²) < 4.78 is 39.1. The lowest BCUT2D eigenvalue weighted by molar-refractivity contribution is 0.0696. The molecule has 1 N–H and O–H groups in total. The first kappa shape index (κ1) is 14.3. The molecule has 1 atom stereocenters. The first-order chi connectivity index (χ1) is 9.49. The highest BCUT2D eigenvalue weighted by molar-refractivity contribution is 7.84. The van der Waals surface area contributed by atoms with Gasteiger partial charge in [-0.3, -0.25) is 4.21 Å². The molecule has 2 rings (SSSR count). The average Bonchev–Trinajstić information content (AvgIpc) is 2.41. The Kier molecular flexibility index (Phi) is 4.24.